The molecule has 0 saturated carbocycles. The molecule has 0 N–H and O–H groups in total. The van der Waals surface area contributed by atoms with Crippen molar-refractivity contribution in [2.75, 3.05) is 7.11 Å². The van der Waals surface area contributed by atoms with Crippen LogP contribution in [0, 0.1) is 10.1 Å². The zero-order chi connectivity index (χ0) is 18.5. The maximum absolute atomic E-state index is 13.0. The molecule has 2 aromatic heterocycles. The van der Waals surface area contributed by atoms with Crippen LogP contribution in [0.1, 0.15) is 21.0 Å². The van der Waals surface area contributed by atoms with Gasteiger partial charge < -0.3 is 14.1 Å². The van der Waals surface area contributed by atoms with E-state index in [9.17, 15) is 14.9 Å². The Bertz CT molecular complexity index is 854. The molecular weight excluding hydrogens is 356 g/mol. The number of furan rings is 1. The SMILES string of the molecule is COc1ccc(C(=O)N(Cc2ccco2)Cc2cccs2)cc1[N+](=O)[O-]. The van der Waals surface area contributed by atoms with Gasteiger partial charge in [-0.2, -0.15) is 0 Å². The van der Waals surface area contributed by atoms with Crippen molar-refractivity contribution in [3.8, 4) is 5.75 Å². The quantitative estimate of drug-likeness (QED) is 0.460. The zero-order valence-corrected chi connectivity index (χ0v) is 14.8. The highest BCUT2D eigenvalue weighted by molar-refractivity contribution is 7.09. The number of carbonyl (C=O) groups is 1. The van der Waals surface area contributed by atoms with E-state index in [1.54, 1.807) is 23.3 Å². The van der Waals surface area contributed by atoms with Crippen LogP contribution in [0.5, 0.6) is 5.75 Å². The number of ether oxygens (including phenoxy) is 1. The Morgan fingerprint density at radius 1 is 1.27 bits per heavy atom. The lowest BCUT2D eigenvalue weighted by Crippen LogP contribution is -2.29. The van der Waals surface area contributed by atoms with Crippen LogP contribution < -0.4 is 4.74 Å². The normalized spacial score (nSPS) is 10.5. The second-order valence-electron chi connectivity index (χ2n) is 5.46. The molecule has 3 rings (SSSR count). The molecule has 26 heavy (non-hydrogen) atoms. The second kappa shape index (κ2) is 7.83. The minimum absolute atomic E-state index is 0.113. The smallest absolute Gasteiger partial charge is 0.311 e. The summed E-state index contributed by atoms with van der Waals surface area (Å²) in [4.78, 5) is 26.3. The Morgan fingerprint density at radius 2 is 2.12 bits per heavy atom. The molecule has 0 saturated heterocycles. The number of benzene rings is 1. The minimum Gasteiger partial charge on any atom is -0.490 e. The summed E-state index contributed by atoms with van der Waals surface area (Å²) < 4.78 is 10.3. The molecule has 0 fully saturated rings. The van der Waals surface area contributed by atoms with Crippen LogP contribution in [0.15, 0.2) is 58.5 Å². The molecule has 0 aliphatic heterocycles. The molecule has 3 aromatic rings. The lowest BCUT2D eigenvalue weighted by molar-refractivity contribution is -0.385. The van der Waals surface area contributed by atoms with Crippen LogP contribution in [0.3, 0.4) is 0 Å². The van der Waals surface area contributed by atoms with Gasteiger partial charge >= 0.3 is 5.69 Å². The number of nitro groups is 1. The molecule has 134 valence electrons. The molecule has 0 unspecified atom stereocenters. The lowest BCUT2D eigenvalue weighted by atomic mass is 10.1. The number of thiophene rings is 1. The predicted molar refractivity (Wildman–Crippen MR) is 96.3 cm³/mol. The molecule has 0 aliphatic carbocycles. The van der Waals surface area contributed by atoms with Gasteiger partial charge in [0.1, 0.15) is 5.76 Å². The van der Waals surface area contributed by atoms with E-state index in [-0.39, 0.29) is 29.5 Å². The molecule has 0 aliphatic rings. The first-order chi connectivity index (χ1) is 12.6. The first-order valence-corrected chi connectivity index (χ1v) is 8.63. The van der Waals surface area contributed by atoms with E-state index in [2.05, 4.69) is 0 Å². The molecule has 0 spiro atoms. The van der Waals surface area contributed by atoms with E-state index < -0.39 is 4.92 Å². The number of hydrogen-bond donors (Lipinski definition) is 0. The van der Waals surface area contributed by atoms with Gasteiger partial charge in [-0.25, -0.2) is 0 Å². The summed E-state index contributed by atoms with van der Waals surface area (Å²) in [6.45, 7) is 0.653. The summed E-state index contributed by atoms with van der Waals surface area (Å²) in [6.07, 6.45) is 1.54. The van der Waals surface area contributed by atoms with Crippen LogP contribution in [-0.2, 0) is 13.1 Å². The van der Waals surface area contributed by atoms with Gasteiger partial charge in [0.05, 0.1) is 31.4 Å². The van der Waals surface area contributed by atoms with Gasteiger partial charge in [0.2, 0.25) is 0 Å². The molecule has 8 heteroatoms. The van der Waals surface area contributed by atoms with E-state index in [4.69, 9.17) is 9.15 Å². The van der Waals surface area contributed by atoms with Crippen molar-refractivity contribution < 1.29 is 18.9 Å². The summed E-state index contributed by atoms with van der Waals surface area (Å²) in [5.74, 6) is 0.431. The van der Waals surface area contributed by atoms with E-state index in [0.29, 0.717) is 12.3 Å². The maximum Gasteiger partial charge on any atom is 0.311 e. The first-order valence-electron chi connectivity index (χ1n) is 7.75. The maximum atomic E-state index is 13.0. The molecule has 0 bridgehead atoms. The van der Waals surface area contributed by atoms with Crippen molar-refractivity contribution in [2.45, 2.75) is 13.1 Å². The largest absolute Gasteiger partial charge is 0.490 e. The molecule has 0 atom stereocenters. The van der Waals surface area contributed by atoms with Crippen LogP contribution in [-0.4, -0.2) is 22.8 Å². The van der Waals surface area contributed by atoms with Gasteiger partial charge in [0.15, 0.2) is 5.75 Å². The third-order valence-corrected chi connectivity index (χ3v) is 4.62. The average molecular weight is 372 g/mol. The Kier molecular flexibility index (Phi) is 5.33. The van der Waals surface area contributed by atoms with Gasteiger partial charge in [-0.3, -0.25) is 14.9 Å². The van der Waals surface area contributed by atoms with Crippen LogP contribution >= 0.6 is 11.3 Å². The van der Waals surface area contributed by atoms with Crippen molar-refractivity contribution >= 4 is 22.9 Å². The predicted octanol–water partition coefficient (Wildman–Crippen LogP) is 4.10. The van der Waals surface area contributed by atoms with Gasteiger partial charge in [-0.1, -0.05) is 6.07 Å². The summed E-state index contributed by atoms with van der Waals surface area (Å²) in [6, 6.07) is 11.6. The van der Waals surface area contributed by atoms with Crippen molar-refractivity contribution in [1.82, 2.24) is 4.90 Å². The third-order valence-electron chi connectivity index (χ3n) is 3.76. The molecule has 7 nitrogen and oxygen atoms in total. The molecular formula is C18H16N2O5S. The fourth-order valence-electron chi connectivity index (χ4n) is 2.53. The molecule has 1 aromatic carbocycles. The fourth-order valence-corrected chi connectivity index (χ4v) is 3.25. The van der Waals surface area contributed by atoms with Crippen molar-refractivity contribution in [2.24, 2.45) is 0 Å². The van der Waals surface area contributed by atoms with Crippen LogP contribution in [0.25, 0.3) is 0 Å². The van der Waals surface area contributed by atoms with E-state index >= 15 is 0 Å². The highest BCUT2D eigenvalue weighted by atomic mass is 32.1. The Balaban J connectivity index is 1.91. The Hall–Kier alpha value is -3.13. The summed E-state index contributed by atoms with van der Waals surface area (Å²) in [5.41, 5.74) is -0.0203. The number of rotatable bonds is 7. The number of nitrogens with zero attached hydrogens (tertiary/aromatic N) is 2. The topological polar surface area (TPSA) is 85.8 Å². The van der Waals surface area contributed by atoms with E-state index in [0.717, 1.165) is 4.88 Å². The average Bonchev–Trinajstić information content (AvgIpc) is 3.34. The lowest BCUT2D eigenvalue weighted by Gasteiger charge is -2.21. The van der Waals surface area contributed by atoms with Crippen molar-refractivity contribution in [3.05, 3.63) is 80.4 Å². The highest BCUT2D eigenvalue weighted by Gasteiger charge is 2.23. The minimum atomic E-state index is -0.564. The number of methoxy groups -OCH3 is 1. The standard InChI is InChI=1S/C18H16N2O5S/c1-24-17-7-6-13(10-16(17)20(22)23)18(21)19(11-14-4-2-8-25-14)12-15-5-3-9-26-15/h2-10H,11-12H2,1H3. The second-order valence-corrected chi connectivity index (χ2v) is 6.50. The van der Waals surface area contributed by atoms with Crippen molar-refractivity contribution in [1.29, 1.82) is 0 Å². The third kappa shape index (κ3) is 3.92. The number of amides is 1. The fraction of sp³-hybridized carbons (Fsp3) is 0.167. The Labute approximate surface area is 153 Å². The molecule has 0 radical (unpaired) electrons. The number of carbonyl (C=O) groups excluding carboxylic acids is 1. The van der Waals surface area contributed by atoms with E-state index in [1.165, 1.54) is 36.6 Å². The van der Waals surface area contributed by atoms with Crippen molar-refractivity contribution in [3.63, 3.8) is 0 Å². The van der Waals surface area contributed by atoms with Gasteiger partial charge in [0.25, 0.3) is 5.91 Å². The Morgan fingerprint density at radius 3 is 2.73 bits per heavy atom. The molecule has 1 amide bonds. The van der Waals surface area contributed by atoms with Gasteiger partial charge in [0, 0.05) is 16.5 Å². The number of hydrogen-bond acceptors (Lipinski definition) is 6. The van der Waals surface area contributed by atoms with Gasteiger partial charge in [-0.05, 0) is 35.7 Å². The monoisotopic (exact) mass is 372 g/mol. The summed E-state index contributed by atoms with van der Waals surface area (Å²) in [5, 5.41) is 13.2. The zero-order valence-electron chi connectivity index (χ0n) is 14.0. The summed E-state index contributed by atoms with van der Waals surface area (Å²) >= 11 is 1.54. The van der Waals surface area contributed by atoms with Crippen LogP contribution in [0.4, 0.5) is 5.69 Å². The number of nitro benzene ring substituents is 1. The first kappa shape index (κ1) is 17.7. The highest BCUT2D eigenvalue weighted by Crippen LogP contribution is 2.28. The summed E-state index contributed by atoms with van der Waals surface area (Å²) in [7, 11) is 1.35. The van der Waals surface area contributed by atoms with Gasteiger partial charge in [-0.15, -0.1) is 11.3 Å². The van der Waals surface area contributed by atoms with Crippen LogP contribution in [0.2, 0.25) is 0 Å². The van der Waals surface area contributed by atoms with E-state index in [1.807, 2.05) is 17.5 Å². The molecule has 2 heterocycles.